The van der Waals surface area contributed by atoms with Gasteiger partial charge in [-0.05, 0) is 38.5 Å². The number of ether oxygens (including phenoxy) is 2. The maximum absolute atomic E-state index is 11.9. The number of rotatable bonds is 6. The highest BCUT2D eigenvalue weighted by atomic mass is 32.1. The van der Waals surface area contributed by atoms with Crippen LogP contribution in [0.2, 0.25) is 0 Å². The van der Waals surface area contributed by atoms with Crippen molar-refractivity contribution in [3.8, 4) is 11.5 Å². The lowest BCUT2D eigenvalue weighted by Gasteiger charge is -2.18. The van der Waals surface area contributed by atoms with E-state index in [1.807, 2.05) is 39.0 Å². The molecule has 0 unspecified atom stereocenters. The molecule has 0 fully saturated rings. The van der Waals surface area contributed by atoms with Crippen molar-refractivity contribution in [2.45, 2.75) is 32.9 Å². The van der Waals surface area contributed by atoms with Gasteiger partial charge in [0.15, 0.2) is 16.6 Å². The van der Waals surface area contributed by atoms with E-state index >= 15 is 0 Å². The second-order valence-electron chi connectivity index (χ2n) is 5.23. The molecule has 2 amide bonds. The van der Waals surface area contributed by atoms with Crippen molar-refractivity contribution in [3.63, 3.8) is 0 Å². The molecular weight excluding hydrogens is 314 g/mol. The normalized spacial score (nSPS) is 11.9. The SMILES string of the molecule is COc1cc([C@@H](C)NC(=O)Nc2nccs2)ccc1OC(C)C. The minimum atomic E-state index is -0.297. The van der Waals surface area contributed by atoms with Crippen molar-refractivity contribution in [2.75, 3.05) is 12.4 Å². The summed E-state index contributed by atoms with van der Waals surface area (Å²) in [5.41, 5.74) is 0.923. The number of thiazole rings is 1. The topological polar surface area (TPSA) is 72.5 Å². The van der Waals surface area contributed by atoms with Gasteiger partial charge in [0.05, 0.1) is 19.3 Å². The number of benzene rings is 1. The Labute approximate surface area is 139 Å². The van der Waals surface area contributed by atoms with Gasteiger partial charge in [-0.2, -0.15) is 0 Å². The van der Waals surface area contributed by atoms with Gasteiger partial charge in [-0.3, -0.25) is 5.32 Å². The molecule has 1 atom stereocenters. The Morgan fingerprint density at radius 1 is 1.26 bits per heavy atom. The van der Waals surface area contributed by atoms with E-state index in [-0.39, 0.29) is 18.2 Å². The summed E-state index contributed by atoms with van der Waals surface area (Å²) in [6.45, 7) is 5.82. The van der Waals surface area contributed by atoms with E-state index < -0.39 is 0 Å². The Morgan fingerprint density at radius 2 is 2.04 bits per heavy atom. The first-order chi connectivity index (χ1) is 11.0. The average Bonchev–Trinajstić information content (AvgIpc) is 2.99. The molecule has 2 aromatic rings. The number of carbonyl (C=O) groups is 1. The number of nitrogens with zero attached hydrogens (tertiary/aromatic N) is 1. The number of hydrogen-bond donors (Lipinski definition) is 2. The largest absolute Gasteiger partial charge is 0.493 e. The Hall–Kier alpha value is -2.28. The molecule has 0 aliphatic carbocycles. The number of aromatic nitrogens is 1. The molecular formula is C16H21N3O3S. The van der Waals surface area contributed by atoms with Gasteiger partial charge in [0.2, 0.25) is 0 Å². The van der Waals surface area contributed by atoms with Crippen molar-refractivity contribution in [1.29, 1.82) is 0 Å². The number of urea groups is 1. The number of carbonyl (C=O) groups excluding carboxylic acids is 1. The van der Waals surface area contributed by atoms with Crippen LogP contribution in [0.1, 0.15) is 32.4 Å². The van der Waals surface area contributed by atoms with E-state index in [1.165, 1.54) is 11.3 Å². The van der Waals surface area contributed by atoms with Crippen LogP contribution in [0.15, 0.2) is 29.8 Å². The molecule has 1 aromatic heterocycles. The van der Waals surface area contributed by atoms with Gasteiger partial charge in [0, 0.05) is 11.6 Å². The standard InChI is InChI=1S/C16H21N3O3S/c1-10(2)22-13-6-5-12(9-14(13)21-4)11(3)18-15(20)19-16-17-7-8-23-16/h5-11H,1-4H3,(H2,17,18,19,20)/t11-/m1/s1. The van der Waals surface area contributed by atoms with Gasteiger partial charge in [-0.1, -0.05) is 6.07 Å². The quantitative estimate of drug-likeness (QED) is 0.842. The van der Waals surface area contributed by atoms with Gasteiger partial charge in [0.25, 0.3) is 0 Å². The molecule has 0 spiro atoms. The van der Waals surface area contributed by atoms with Crippen molar-refractivity contribution in [1.82, 2.24) is 10.3 Å². The molecule has 2 N–H and O–H groups in total. The first-order valence-corrected chi connectivity index (χ1v) is 8.19. The Balaban J connectivity index is 2.03. The van der Waals surface area contributed by atoms with Crippen LogP contribution >= 0.6 is 11.3 Å². The predicted molar refractivity (Wildman–Crippen MR) is 91.4 cm³/mol. The smallest absolute Gasteiger partial charge is 0.321 e. The van der Waals surface area contributed by atoms with Crippen LogP contribution in [0.5, 0.6) is 11.5 Å². The molecule has 0 saturated carbocycles. The van der Waals surface area contributed by atoms with Crippen LogP contribution in [-0.4, -0.2) is 24.2 Å². The molecule has 1 heterocycles. The van der Waals surface area contributed by atoms with E-state index in [1.54, 1.807) is 18.7 Å². The molecule has 1 aromatic carbocycles. The maximum Gasteiger partial charge on any atom is 0.321 e. The van der Waals surface area contributed by atoms with E-state index in [2.05, 4.69) is 15.6 Å². The molecule has 0 radical (unpaired) electrons. The summed E-state index contributed by atoms with van der Waals surface area (Å²) >= 11 is 1.37. The fraction of sp³-hybridized carbons (Fsp3) is 0.375. The van der Waals surface area contributed by atoms with E-state index in [4.69, 9.17) is 9.47 Å². The zero-order valence-corrected chi connectivity index (χ0v) is 14.4. The Kier molecular flexibility index (Phi) is 5.81. The van der Waals surface area contributed by atoms with Gasteiger partial charge in [-0.25, -0.2) is 9.78 Å². The van der Waals surface area contributed by atoms with E-state index in [9.17, 15) is 4.79 Å². The van der Waals surface area contributed by atoms with Crippen LogP contribution < -0.4 is 20.1 Å². The second kappa shape index (κ2) is 7.82. The summed E-state index contributed by atoms with van der Waals surface area (Å²) < 4.78 is 11.1. The first-order valence-electron chi connectivity index (χ1n) is 7.31. The molecule has 23 heavy (non-hydrogen) atoms. The number of hydrogen-bond acceptors (Lipinski definition) is 5. The zero-order valence-electron chi connectivity index (χ0n) is 13.6. The van der Waals surface area contributed by atoms with Crippen LogP contribution in [0.3, 0.4) is 0 Å². The van der Waals surface area contributed by atoms with Crippen molar-refractivity contribution < 1.29 is 14.3 Å². The van der Waals surface area contributed by atoms with Gasteiger partial charge >= 0.3 is 6.03 Å². The van der Waals surface area contributed by atoms with Gasteiger partial charge < -0.3 is 14.8 Å². The Bertz CT molecular complexity index is 644. The molecule has 124 valence electrons. The fourth-order valence-electron chi connectivity index (χ4n) is 2.00. The minimum absolute atomic E-state index is 0.0642. The van der Waals surface area contributed by atoms with Gasteiger partial charge in [0.1, 0.15) is 0 Å². The highest BCUT2D eigenvalue weighted by Gasteiger charge is 2.14. The lowest BCUT2D eigenvalue weighted by atomic mass is 10.1. The zero-order chi connectivity index (χ0) is 16.8. The van der Waals surface area contributed by atoms with Crippen molar-refractivity contribution >= 4 is 22.5 Å². The van der Waals surface area contributed by atoms with Crippen LogP contribution in [-0.2, 0) is 0 Å². The molecule has 0 aliphatic rings. The van der Waals surface area contributed by atoms with Crippen LogP contribution in [0, 0.1) is 0 Å². The summed E-state index contributed by atoms with van der Waals surface area (Å²) in [5, 5.41) is 7.92. The summed E-state index contributed by atoms with van der Waals surface area (Å²) in [6.07, 6.45) is 1.71. The van der Waals surface area contributed by atoms with Gasteiger partial charge in [-0.15, -0.1) is 11.3 Å². The molecule has 0 saturated heterocycles. The second-order valence-corrected chi connectivity index (χ2v) is 6.13. The first kappa shape index (κ1) is 17.1. The van der Waals surface area contributed by atoms with Crippen LogP contribution in [0.25, 0.3) is 0 Å². The fourth-order valence-corrected chi connectivity index (χ4v) is 2.53. The number of amides is 2. The monoisotopic (exact) mass is 335 g/mol. The van der Waals surface area contributed by atoms with E-state index in [0.717, 1.165) is 5.56 Å². The predicted octanol–water partition coefficient (Wildman–Crippen LogP) is 3.82. The summed E-state index contributed by atoms with van der Waals surface area (Å²) in [7, 11) is 1.60. The number of anilines is 1. The number of methoxy groups -OCH3 is 1. The average molecular weight is 335 g/mol. The molecule has 0 bridgehead atoms. The Morgan fingerprint density at radius 3 is 2.65 bits per heavy atom. The van der Waals surface area contributed by atoms with Crippen LogP contribution in [0.4, 0.5) is 9.93 Å². The number of nitrogens with one attached hydrogen (secondary N) is 2. The highest BCUT2D eigenvalue weighted by Crippen LogP contribution is 2.31. The van der Waals surface area contributed by atoms with Crippen molar-refractivity contribution in [2.24, 2.45) is 0 Å². The summed E-state index contributed by atoms with van der Waals surface area (Å²) in [5.74, 6) is 1.33. The summed E-state index contributed by atoms with van der Waals surface area (Å²) in [4.78, 5) is 16.0. The van der Waals surface area contributed by atoms with E-state index in [0.29, 0.717) is 16.6 Å². The minimum Gasteiger partial charge on any atom is -0.493 e. The molecule has 6 nitrogen and oxygen atoms in total. The molecule has 2 rings (SSSR count). The maximum atomic E-state index is 11.9. The third-order valence-corrected chi connectivity index (χ3v) is 3.74. The third-order valence-electron chi connectivity index (χ3n) is 3.05. The molecule has 0 aliphatic heterocycles. The van der Waals surface area contributed by atoms with Crippen molar-refractivity contribution in [3.05, 3.63) is 35.3 Å². The lowest BCUT2D eigenvalue weighted by molar-refractivity contribution is 0.230. The third kappa shape index (κ3) is 4.85. The highest BCUT2D eigenvalue weighted by molar-refractivity contribution is 7.13. The lowest BCUT2D eigenvalue weighted by Crippen LogP contribution is -2.31. The summed E-state index contributed by atoms with van der Waals surface area (Å²) in [6, 6.07) is 5.15. The molecule has 7 heteroatoms.